The first-order valence-electron chi connectivity index (χ1n) is 3.45. The molecule has 1 rings (SSSR count). The average Bonchev–Trinajstić information content (AvgIpc) is 2.03. The number of phenols is 1. The summed E-state index contributed by atoms with van der Waals surface area (Å²) in [5, 5.41) is 9.11. The first-order chi connectivity index (χ1) is 5.65. The Morgan fingerprint density at radius 2 is 2.17 bits per heavy atom. The molecule has 4 heteroatoms. The van der Waals surface area contributed by atoms with Crippen molar-refractivity contribution in [2.75, 3.05) is 6.67 Å². The quantitative estimate of drug-likeness (QED) is 0.711. The highest BCUT2D eigenvalue weighted by atomic mass is 19.1. The second-order valence-corrected chi connectivity index (χ2v) is 2.46. The van der Waals surface area contributed by atoms with Crippen molar-refractivity contribution in [1.29, 1.82) is 0 Å². The van der Waals surface area contributed by atoms with E-state index < -0.39 is 18.5 Å². The zero-order chi connectivity index (χ0) is 9.14. The number of phenolic OH excluding ortho intramolecular Hbond substituents is 1. The van der Waals surface area contributed by atoms with Gasteiger partial charge in [-0.15, -0.1) is 0 Å². The van der Waals surface area contributed by atoms with Gasteiger partial charge in [0.1, 0.15) is 18.2 Å². The van der Waals surface area contributed by atoms with Gasteiger partial charge in [0.25, 0.3) is 0 Å². The molecule has 0 aliphatic carbocycles. The van der Waals surface area contributed by atoms with Crippen molar-refractivity contribution in [2.24, 2.45) is 5.73 Å². The van der Waals surface area contributed by atoms with Crippen LogP contribution < -0.4 is 5.73 Å². The number of aromatic hydroxyl groups is 1. The van der Waals surface area contributed by atoms with E-state index in [1.807, 2.05) is 0 Å². The van der Waals surface area contributed by atoms with E-state index in [0.717, 1.165) is 12.1 Å². The van der Waals surface area contributed by atoms with Crippen LogP contribution in [-0.4, -0.2) is 11.8 Å². The molecule has 1 aromatic carbocycles. The monoisotopic (exact) mass is 173 g/mol. The Balaban J connectivity index is 3.01. The summed E-state index contributed by atoms with van der Waals surface area (Å²) in [5.74, 6) is -0.873. The predicted octanol–water partition coefficient (Wildman–Crippen LogP) is 1.50. The third kappa shape index (κ3) is 1.71. The lowest BCUT2D eigenvalue weighted by molar-refractivity contribution is 0.412. The molecule has 1 unspecified atom stereocenters. The summed E-state index contributed by atoms with van der Waals surface area (Å²) in [4.78, 5) is 0. The summed E-state index contributed by atoms with van der Waals surface area (Å²) in [5.41, 5.74) is 5.51. The molecule has 0 aromatic heterocycles. The zero-order valence-electron chi connectivity index (χ0n) is 6.30. The van der Waals surface area contributed by atoms with Crippen molar-refractivity contribution < 1.29 is 13.9 Å². The number of hydrogen-bond donors (Lipinski definition) is 2. The van der Waals surface area contributed by atoms with Crippen LogP contribution in [0.2, 0.25) is 0 Å². The van der Waals surface area contributed by atoms with Gasteiger partial charge in [-0.25, -0.2) is 8.78 Å². The predicted molar refractivity (Wildman–Crippen MR) is 41.0 cm³/mol. The van der Waals surface area contributed by atoms with Crippen molar-refractivity contribution >= 4 is 0 Å². The van der Waals surface area contributed by atoms with Gasteiger partial charge in [0, 0.05) is 11.6 Å². The fourth-order valence-electron chi connectivity index (χ4n) is 0.913. The minimum absolute atomic E-state index is 0.221. The van der Waals surface area contributed by atoms with E-state index in [0.29, 0.717) is 0 Å². The lowest BCUT2D eigenvalue weighted by atomic mass is 10.1. The van der Waals surface area contributed by atoms with E-state index in [1.54, 1.807) is 0 Å². The molecule has 66 valence electrons. The lowest BCUT2D eigenvalue weighted by Crippen LogP contribution is -2.12. The molecule has 0 aliphatic heterocycles. The smallest absolute Gasteiger partial charge is 0.126 e. The van der Waals surface area contributed by atoms with Gasteiger partial charge in [-0.05, 0) is 6.07 Å². The Labute approximate surface area is 68.6 Å². The van der Waals surface area contributed by atoms with Crippen molar-refractivity contribution in [3.8, 4) is 5.75 Å². The molecule has 0 aliphatic rings. The highest BCUT2D eigenvalue weighted by Crippen LogP contribution is 2.23. The van der Waals surface area contributed by atoms with Gasteiger partial charge < -0.3 is 10.8 Å². The molecule has 12 heavy (non-hydrogen) atoms. The van der Waals surface area contributed by atoms with Crippen LogP contribution in [0.25, 0.3) is 0 Å². The molecule has 0 saturated heterocycles. The molecular formula is C8H9F2NO. The molecule has 0 amide bonds. The van der Waals surface area contributed by atoms with Crippen molar-refractivity contribution in [1.82, 2.24) is 0 Å². The Bertz CT molecular complexity index is 278. The van der Waals surface area contributed by atoms with E-state index in [9.17, 15) is 8.78 Å². The molecule has 0 saturated carbocycles. The Morgan fingerprint density at radius 1 is 1.50 bits per heavy atom. The average molecular weight is 173 g/mol. The minimum Gasteiger partial charge on any atom is -0.508 e. The maximum atomic E-state index is 12.4. The van der Waals surface area contributed by atoms with Gasteiger partial charge in [-0.2, -0.15) is 0 Å². The standard InChI is InChI=1S/C8H9F2NO/c9-4-7(11)6-2-1-5(10)3-8(6)12/h1-3,7,12H,4,11H2. The fraction of sp³-hybridized carbons (Fsp3) is 0.250. The summed E-state index contributed by atoms with van der Waals surface area (Å²) >= 11 is 0. The number of rotatable bonds is 2. The van der Waals surface area contributed by atoms with E-state index in [-0.39, 0.29) is 11.3 Å². The molecule has 0 heterocycles. The van der Waals surface area contributed by atoms with E-state index in [4.69, 9.17) is 10.8 Å². The zero-order valence-corrected chi connectivity index (χ0v) is 6.30. The molecule has 0 fully saturated rings. The first kappa shape index (κ1) is 8.93. The van der Waals surface area contributed by atoms with Crippen LogP contribution in [0.5, 0.6) is 5.75 Å². The second-order valence-electron chi connectivity index (χ2n) is 2.46. The molecule has 3 N–H and O–H groups in total. The van der Waals surface area contributed by atoms with E-state index >= 15 is 0 Å². The minimum atomic E-state index is -0.884. The van der Waals surface area contributed by atoms with Crippen LogP contribution >= 0.6 is 0 Å². The van der Waals surface area contributed by atoms with Crippen LogP contribution in [-0.2, 0) is 0 Å². The summed E-state index contributed by atoms with van der Waals surface area (Å²) in [6.45, 7) is -0.779. The van der Waals surface area contributed by atoms with Crippen LogP contribution in [0.3, 0.4) is 0 Å². The maximum Gasteiger partial charge on any atom is 0.126 e. The van der Waals surface area contributed by atoms with Crippen molar-refractivity contribution in [3.05, 3.63) is 29.6 Å². The summed E-state index contributed by atoms with van der Waals surface area (Å²) in [7, 11) is 0. The highest BCUT2D eigenvalue weighted by molar-refractivity contribution is 5.34. The van der Waals surface area contributed by atoms with Crippen LogP contribution in [0.15, 0.2) is 18.2 Å². The van der Waals surface area contributed by atoms with Gasteiger partial charge in [0.2, 0.25) is 0 Å². The number of halogens is 2. The summed E-state index contributed by atoms with van der Waals surface area (Å²) in [6, 6.07) is 2.43. The number of nitrogens with two attached hydrogens (primary N) is 1. The number of alkyl halides is 1. The van der Waals surface area contributed by atoms with Crippen LogP contribution in [0.4, 0.5) is 8.78 Å². The van der Waals surface area contributed by atoms with Gasteiger partial charge in [0.15, 0.2) is 0 Å². The number of hydrogen-bond acceptors (Lipinski definition) is 2. The third-order valence-corrected chi connectivity index (χ3v) is 1.56. The molecule has 0 spiro atoms. The molecule has 1 atom stereocenters. The lowest BCUT2D eigenvalue weighted by Gasteiger charge is -2.08. The van der Waals surface area contributed by atoms with Gasteiger partial charge in [-0.1, -0.05) is 6.07 Å². The largest absolute Gasteiger partial charge is 0.508 e. The van der Waals surface area contributed by atoms with Crippen LogP contribution in [0, 0.1) is 5.82 Å². The highest BCUT2D eigenvalue weighted by Gasteiger charge is 2.10. The third-order valence-electron chi connectivity index (χ3n) is 1.56. The fourth-order valence-corrected chi connectivity index (χ4v) is 0.913. The second kappa shape index (κ2) is 3.49. The normalized spacial score (nSPS) is 12.9. The first-order valence-corrected chi connectivity index (χ1v) is 3.45. The Hall–Kier alpha value is -1.16. The SMILES string of the molecule is NC(CF)c1ccc(F)cc1O. The van der Waals surface area contributed by atoms with Crippen molar-refractivity contribution in [3.63, 3.8) is 0 Å². The van der Waals surface area contributed by atoms with Crippen LogP contribution in [0.1, 0.15) is 11.6 Å². The number of benzene rings is 1. The molecule has 0 radical (unpaired) electrons. The molecule has 2 nitrogen and oxygen atoms in total. The molecule has 0 bridgehead atoms. The molecular weight excluding hydrogens is 164 g/mol. The Morgan fingerprint density at radius 3 is 2.67 bits per heavy atom. The maximum absolute atomic E-state index is 12.4. The van der Waals surface area contributed by atoms with Gasteiger partial charge in [-0.3, -0.25) is 0 Å². The van der Waals surface area contributed by atoms with Gasteiger partial charge in [0.05, 0.1) is 6.04 Å². The van der Waals surface area contributed by atoms with Gasteiger partial charge >= 0.3 is 0 Å². The topological polar surface area (TPSA) is 46.2 Å². The van der Waals surface area contributed by atoms with Crippen molar-refractivity contribution in [2.45, 2.75) is 6.04 Å². The van der Waals surface area contributed by atoms with E-state index in [1.165, 1.54) is 6.07 Å². The van der Waals surface area contributed by atoms with E-state index in [2.05, 4.69) is 0 Å². The Kier molecular flexibility index (Phi) is 2.60. The molecule has 1 aromatic rings. The summed E-state index contributed by atoms with van der Waals surface area (Å²) < 4.78 is 24.4. The summed E-state index contributed by atoms with van der Waals surface area (Å²) in [6.07, 6.45) is 0.